The lowest BCUT2D eigenvalue weighted by Gasteiger charge is -2.17. The smallest absolute Gasteiger partial charge is 0.255 e. The molecule has 3 aromatic rings. The first-order chi connectivity index (χ1) is 14.9. The molecule has 3 rings (SSSR count). The third kappa shape index (κ3) is 6.36. The van der Waals surface area contributed by atoms with Crippen LogP contribution in [0.4, 0.5) is 11.4 Å². The summed E-state index contributed by atoms with van der Waals surface area (Å²) in [6.45, 7) is 6.01. The minimum Gasteiger partial charge on any atom is -0.325 e. The van der Waals surface area contributed by atoms with Crippen LogP contribution < -0.4 is 10.6 Å². The standard InChI is InChI=1S/C25H25ClN2O2S/c1-4-23(25(30)28-22-12-11-16(2)13-17(22)3)31-21-10-6-9-20(15-21)27-24(29)18-7-5-8-19(26)14-18/h5-15,23H,4H2,1-3H3,(H,27,29)(H,28,30). The van der Waals surface area contributed by atoms with Crippen molar-refractivity contribution in [2.24, 2.45) is 0 Å². The van der Waals surface area contributed by atoms with Crippen LogP contribution in [0.1, 0.15) is 34.8 Å². The molecule has 31 heavy (non-hydrogen) atoms. The average molecular weight is 453 g/mol. The second-order valence-corrected chi connectivity index (χ2v) is 9.03. The van der Waals surface area contributed by atoms with Crippen LogP contribution in [0.15, 0.2) is 71.6 Å². The minimum absolute atomic E-state index is 0.0344. The topological polar surface area (TPSA) is 58.2 Å². The molecule has 0 radical (unpaired) electrons. The number of thioether (sulfide) groups is 1. The normalized spacial score (nSPS) is 11.6. The quantitative estimate of drug-likeness (QED) is 0.391. The second kappa shape index (κ2) is 10.5. The van der Waals surface area contributed by atoms with Crippen LogP contribution in [0.3, 0.4) is 0 Å². The summed E-state index contributed by atoms with van der Waals surface area (Å²) in [4.78, 5) is 26.2. The lowest BCUT2D eigenvalue weighted by atomic mass is 10.1. The Labute approximate surface area is 192 Å². The van der Waals surface area contributed by atoms with Gasteiger partial charge in [0.15, 0.2) is 0 Å². The highest BCUT2D eigenvalue weighted by Crippen LogP contribution is 2.29. The fourth-order valence-corrected chi connectivity index (χ4v) is 4.34. The molecule has 0 aromatic heterocycles. The Morgan fingerprint density at radius 1 is 0.968 bits per heavy atom. The van der Waals surface area contributed by atoms with Crippen LogP contribution in [0, 0.1) is 13.8 Å². The minimum atomic E-state index is -0.250. The van der Waals surface area contributed by atoms with E-state index in [4.69, 9.17) is 11.6 Å². The zero-order valence-corrected chi connectivity index (χ0v) is 19.3. The molecule has 160 valence electrons. The number of carbonyl (C=O) groups is 2. The van der Waals surface area contributed by atoms with E-state index in [0.717, 1.165) is 21.7 Å². The molecule has 0 saturated carbocycles. The van der Waals surface area contributed by atoms with Crippen LogP contribution in [-0.4, -0.2) is 17.1 Å². The summed E-state index contributed by atoms with van der Waals surface area (Å²) >= 11 is 7.45. The molecule has 1 atom stereocenters. The van der Waals surface area contributed by atoms with Gasteiger partial charge in [-0.3, -0.25) is 9.59 Å². The number of hydrogen-bond donors (Lipinski definition) is 2. The first-order valence-electron chi connectivity index (χ1n) is 10.1. The van der Waals surface area contributed by atoms with E-state index in [1.807, 2.05) is 57.2 Å². The molecule has 6 heteroatoms. The molecule has 0 saturated heterocycles. The van der Waals surface area contributed by atoms with Gasteiger partial charge in [-0.15, -0.1) is 11.8 Å². The number of halogens is 1. The molecule has 2 N–H and O–H groups in total. The molecule has 0 aliphatic heterocycles. The molecule has 4 nitrogen and oxygen atoms in total. The van der Waals surface area contributed by atoms with Gasteiger partial charge in [-0.25, -0.2) is 0 Å². The predicted molar refractivity (Wildman–Crippen MR) is 130 cm³/mol. The van der Waals surface area contributed by atoms with Gasteiger partial charge in [0.05, 0.1) is 5.25 Å². The Morgan fingerprint density at radius 2 is 1.74 bits per heavy atom. The number of aryl methyl sites for hydroxylation is 2. The van der Waals surface area contributed by atoms with E-state index in [1.54, 1.807) is 24.3 Å². The highest BCUT2D eigenvalue weighted by atomic mass is 35.5. The maximum absolute atomic E-state index is 12.9. The summed E-state index contributed by atoms with van der Waals surface area (Å²) in [6, 6.07) is 20.3. The van der Waals surface area contributed by atoms with Crippen molar-refractivity contribution >= 4 is 46.6 Å². The summed E-state index contributed by atoms with van der Waals surface area (Å²) < 4.78 is 0. The van der Waals surface area contributed by atoms with Crippen molar-refractivity contribution in [3.63, 3.8) is 0 Å². The Hall–Kier alpha value is -2.76. The number of rotatable bonds is 7. The first-order valence-corrected chi connectivity index (χ1v) is 11.3. The highest BCUT2D eigenvalue weighted by molar-refractivity contribution is 8.00. The van der Waals surface area contributed by atoms with Gasteiger partial charge in [0, 0.05) is 26.9 Å². The Bertz CT molecular complexity index is 1100. The fraction of sp³-hybridized carbons (Fsp3) is 0.200. The fourth-order valence-electron chi connectivity index (χ4n) is 3.13. The third-order valence-electron chi connectivity index (χ3n) is 4.76. The molecular weight excluding hydrogens is 428 g/mol. The molecule has 3 aromatic carbocycles. The molecular formula is C25H25ClN2O2S. The van der Waals surface area contributed by atoms with Gasteiger partial charge in [-0.1, -0.05) is 48.4 Å². The van der Waals surface area contributed by atoms with Crippen LogP contribution in [0.25, 0.3) is 0 Å². The molecule has 1 unspecified atom stereocenters. The van der Waals surface area contributed by atoms with Crippen molar-refractivity contribution in [2.75, 3.05) is 10.6 Å². The van der Waals surface area contributed by atoms with Crippen LogP contribution in [-0.2, 0) is 4.79 Å². The monoisotopic (exact) mass is 452 g/mol. The van der Waals surface area contributed by atoms with Crippen molar-refractivity contribution in [3.8, 4) is 0 Å². The Morgan fingerprint density at radius 3 is 2.45 bits per heavy atom. The summed E-state index contributed by atoms with van der Waals surface area (Å²) in [7, 11) is 0. The Balaban J connectivity index is 1.68. The number of carbonyl (C=O) groups excluding carboxylic acids is 2. The first kappa shape index (κ1) is 22.9. The zero-order chi connectivity index (χ0) is 22.4. The van der Waals surface area contributed by atoms with Gasteiger partial charge in [0.1, 0.15) is 0 Å². The summed E-state index contributed by atoms with van der Waals surface area (Å²) in [5, 5.41) is 6.19. The molecule has 0 aliphatic rings. The van der Waals surface area contributed by atoms with E-state index in [1.165, 1.54) is 11.8 Å². The number of hydrogen-bond acceptors (Lipinski definition) is 3. The van der Waals surface area contributed by atoms with E-state index >= 15 is 0 Å². The maximum Gasteiger partial charge on any atom is 0.255 e. The van der Waals surface area contributed by atoms with Gasteiger partial charge in [0.2, 0.25) is 5.91 Å². The van der Waals surface area contributed by atoms with Crippen LogP contribution in [0.5, 0.6) is 0 Å². The molecule has 0 bridgehead atoms. The second-order valence-electron chi connectivity index (χ2n) is 7.31. The van der Waals surface area contributed by atoms with Gasteiger partial charge in [-0.05, 0) is 68.3 Å². The van der Waals surface area contributed by atoms with Crippen LogP contribution >= 0.6 is 23.4 Å². The molecule has 0 fully saturated rings. The Kier molecular flexibility index (Phi) is 7.77. The van der Waals surface area contributed by atoms with Crippen molar-refractivity contribution < 1.29 is 9.59 Å². The lowest BCUT2D eigenvalue weighted by molar-refractivity contribution is -0.115. The lowest BCUT2D eigenvalue weighted by Crippen LogP contribution is -2.25. The van der Waals surface area contributed by atoms with E-state index in [-0.39, 0.29) is 17.1 Å². The van der Waals surface area contributed by atoms with E-state index in [9.17, 15) is 9.59 Å². The average Bonchev–Trinajstić information content (AvgIpc) is 2.74. The van der Waals surface area contributed by atoms with Gasteiger partial charge < -0.3 is 10.6 Å². The summed E-state index contributed by atoms with van der Waals surface area (Å²) in [6.07, 6.45) is 0.681. The van der Waals surface area contributed by atoms with Crippen molar-refractivity contribution in [3.05, 3.63) is 88.4 Å². The van der Waals surface area contributed by atoms with Gasteiger partial charge in [-0.2, -0.15) is 0 Å². The summed E-state index contributed by atoms with van der Waals surface area (Å²) in [5.41, 5.74) is 4.19. The predicted octanol–water partition coefficient (Wildman–Crippen LogP) is 6.72. The molecule has 2 amide bonds. The molecule has 0 spiro atoms. The van der Waals surface area contributed by atoms with Gasteiger partial charge in [0.25, 0.3) is 5.91 Å². The number of benzene rings is 3. The largest absolute Gasteiger partial charge is 0.325 e. The van der Waals surface area contributed by atoms with E-state index in [2.05, 4.69) is 16.7 Å². The zero-order valence-electron chi connectivity index (χ0n) is 17.7. The number of nitrogens with one attached hydrogen (secondary N) is 2. The highest BCUT2D eigenvalue weighted by Gasteiger charge is 2.19. The maximum atomic E-state index is 12.9. The number of amides is 2. The third-order valence-corrected chi connectivity index (χ3v) is 6.35. The van der Waals surface area contributed by atoms with Crippen LogP contribution in [0.2, 0.25) is 5.02 Å². The van der Waals surface area contributed by atoms with E-state index in [0.29, 0.717) is 22.7 Å². The van der Waals surface area contributed by atoms with Crippen molar-refractivity contribution in [2.45, 2.75) is 37.3 Å². The number of anilines is 2. The van der Waals surface area contributed by atoms with Crippen molar-refractivity contribution in [1.82, 2.24) is 0 Å². The van der Waals surface area contributed by atoms with Gasteiger partial charge >= 0.3 is 0 Å². The molecule has 0 aliphatic carbocycles. The SMILES string of the molecule is CCC(Sc1cccc(NC(=O)c2cccc(Cl)c2)c1)C(=O)Nc1ccc(C)cc1C. The molecule has 0 heterocycles. The van der Waals surface area contributed by atoms with Crippen molar-refractivity contribution in [1.29, 1.82) is 0 Å². The summed E-state index contributed by atoms with van der Waals surface area (Å²) in [5.74, 6) is -0.267. The van der Waals surface area contributed by atoms with E-state index < -0.39 is 0 Å².